The van der Waals surface area contributed by atoms with Gasteiger partial charge in [0.25, 0.3) is 0 Å². The van der Waals surface area contributed by atoms with Crippen LogP contribution in [0.2, 0.25) is 0 Å². The Labute approximate surface area is 102 Å². The van der Waals surface area contributed by atoms with E-state index < -0.39 is 12.3 Å². The Bertz CT molecular complexity index is 564. The summed E-state index contributed by atoms with van der Waals surface area (Å²) in [6.45, 7) is 0. The second-order valence-corrected chi connectivity index (χ2v) is 3.85. The van der Waals surface area contributed by atoms with Gasteiger partial charge in [0.1, 0.15) is 5.75 Å². The third-order valence-electron chi connectivity index (χ3n) is 2.73. The van der Waals surface area contributed by atoms with Crippen LogP contribution in [0.4, 0.5) is 13.2 Å². The molecular formula is C13H11F3O2. The summed E-state index contributed by atoms with van der Waals surface area (Å²) in [6, 6.07) is 9.63. The Morgan fingerprint density at radius 1 is 1.11 bits per heavy atom. The zero-order valence-corrected chi connectivity index (χ0v) is 9.53. The molecular weight excluding hydrogens is 245 g/mol. The smallest absolute Gasteiger partial charge is 0.418 e. The van der Waals surface area contributed by atoms with Crippen molar-refractivity contribution in [2.45, 2.75) is 12.3 Å². The molecule has 2 aromatic rings. The minimum Gasteiger partial charge on any atom is -0.496 e. The van der Waals surface area contributed by atoms with Gasteiger partial charge in [-0.2, -0.15) is 13.2 Å². The summed E-state index contributed by atoms with van der Waals surface area (Å²) in [7, 11) is 1.27. The molecule has 1 atom stereocenters. The monoisotopic (exact) mass is 256 g/mol. The number of benzene rings is 2. The molecule has 0 heterocycles. The molecule has 0 aromatic heterocycles. The van der Waals surface area contributed by atoms with Crippen LogP contribution in [0.1, 0.15) is 11.7 Å². The topological polar surface area (TPSA) is 29.5 Å². The van der Waals surface area contributed by atoms with Crippen LogP contribution in [-0.4, -0.2) is 18.4 Å². The molecule has 18 heavy (non-hydrogen) atoms. The van der Waals surface area contributed by atoms with Gasteiger partial charge in [0.05, 0.1) is 7.11 Å². The maximum atomic E-state index is 12.7. The van der Waals surface area contributed by atoms with Crippen LogP contribution in [0.3, 0.4) is 0 Å². The molecule has 0 aliphatic rings. The highest BCUT2D eigenvalue weighted by molar-refractivity contribution is 5.88. The highest BCUT2D eigenvalue weighted by Gasteiger charge is 2.41. The van der Waals surface area contributed by atoms with E-state index in [2.05, 4.69) is 0 Å². The van der Waals surface area contributed by atoms with Crippen molar-refractivity contribution >= 4 is 10.8 Å². The minimum atomic E-state index is -4.72. The van der Waals surface area contributed by atoms with Crippen molar-refractivity contribution < 1.29 is 23.0 Å². The van der Waals surface area contributed by atoms with Gasteiger partial charge in [-0.3, -0.25) is 0 Å². The summed E-state index contributed by atoms with van der Waals surface area (Å²) in [5.41, 5.74) is -0.247. The summed E-state index contributed by atoms with van der Waals surface area (Å²) in [5, 5.41) is 10.4. The molecule has 1 N–H and O–H groups in total. The van der Waals surface area contributed by atoms with Crippen LogP contribution in [0.15, 0.2) is 36.4 Å². The lowest BCUT2D eigenvalue weighted by atomic mass is 9.99. The van der Waals surface area contributed by atoms with Crippen molar-refractivity contribution in [1.29, 1.82) is 0 Å². The Morgan fingerprint density at radius 3 is 2.39 bits per heavy atom. The third kappa shape index (κ3) is 2.13. The molecule has 0 unspecified atom stereocenters. The Balaban J connectivity index is 2.72. The average molecular weight is 256 g/mol. The minimum absolute atomic E-state index is 0.0264. The summed E-state index contributed by atoms with van der Waals surface area (Å²) in [6.07, 6.45) is -7.28. The second-order valence-electron chi connectivity index (χ2n) is 3.85. The number of hydrogen-bond donors (Lipinski definition) is 1. The van der Waals surface area contributed by atoms with Crippen LogP contribution in [-0.2, 0) is 0 Å². The van der Waals surface area contributed by atoms with Gasteiger partial charge in [0.2, 0.25) is 0 Å². The predicted molar refractivity (Wildman–Crippen MR) is 61.5 cm³/mol. The lowest BCUT2D eigenvalue weighted by Gasteiger charge is -2.19. The van der Waals surface area contributed by atoms with Gasteiger partial charge in [-0.15, -0.1) is 0 Å². The van der Waals surface area contributed by atoms with Gasteiger partial charge in [-0.25, -0.2) is 0 Å². The number of hydrogen-bond acceptors (Lipinski definition) is 2. The summed E-state index contributed by atoms with van der Waals surface area (Å²) in [4.78, 5) is 0. The van der Waals surface area contributed by atoms with Crippen LogP contribution < -0.4 is 4.74 Å². The normalized spacial score (nSPS) is 13.6. The van der Waals surface area contributed by atoms with E-state index in [1.165, 1.54) is 19.2 Å². The van der Waals surface area contributed by atoms with E-state index in [9.17, 15) is 18.3 Å². The molecule has 0 saturated carbocycles. The molecule has 0 saturated heterocycles. The summed E-state index contributed by atoms with van der Waals surface area (Å²) >= 11 is 0. The van der Waals surface area contributed by atoms with Crippen LogP contribution >= 0.6 is 0 Å². The number of halogens is 3. The predicted octanol–water partition coefficient (Wildman–Crippen LogP) is 3.44. The fourth-order valence-corrected chi connectivity index (χ4v) is 1.90. The van der Waals surface area contributed by atoms with Gasteiger partial charge in [0.15, 0.2) is 6.10 Å². The highest BCUT2D eigenvalue weighted by atomic mass is 19.4. The average Bonchev–Trinajstić information content (AvgIpc) is 2.35. The largest absolute Gasteiger partial charge is 0.496 e. The first-order valence-electron chi connectivity index (χ1n) is 5.25. The molecule has 0 aliphatic heterocycles. The molecule has 5 heteroatoms. The van der Waals surface area contributed by atoms with Crippen molar-refractivity contribution in [3.05, 3.63) is 42.0 Å². The first-order chi connectivity index (χ1) is 8.45. The fourth-order valence-electron chi connectivity index (χ4n) is 1.90. The molecule has 2 nitrogen and oxygen atoms in total. The van der Waals surface area contributed by atoms with E-state index in [0.717, 1.165) is 0 Å². The molecule has 2 rings (SSSR count). The van der Waals surface area contributed by atoms with E-state index in [1.807, 2.05) is 0 Å². The first kappa shape index (κ1) is 12.7. The quantitative estimate of drug-likeness (QED) is 0.891. The molecule has 2 aromatic carbocycles. The van der Waals surface area contributed by atoms with Gasteiger partial charge >= 0.3 is 6.18 Å². The molecule has 0 amide bonds. The fraction of sp³-hybridized carbons (Fsp3) is 0.231. The third-order valence-corrected chi connectivity index (χ3v) is 2.73. The standard InChI is InChI=1S/C13H11F3O2/c1-18-10-7-6-8-4-2-3-5-9(8)11(10)12(17)13(14,15)16/h2-7,12,17H,1H3/t12-/m0/s1. The van der Waals surface area contributed by atoms with Gasteiger partial charge in [0, 0.05) is 5.56 Å². The molecule has 0 spiro atoms. The summed E-state index contributed by atoms with van der Waals surface area (Å²) < 4.78 is 42.9. The van der Waals surface area contributed by atoms with Crippen molar-refractivity contribution in [2.75, 3.05) is 7.11 Å². The first-order valence-corrected chi connectivity index (χ1v) is 5.25. The number of rotatable bonds is 2. The van der Waals surface area contributed by atoms with Crippen LogP contribution in [0.25, 0.3) is 10.8 Å². The van der Waals surface area contributed by atoms with E-state index in [4.69, 9.17) is 4.74 Å². The van der Waals surface area contributed by atoms with Crippen molar-refractivity contribution in [1.82, 2.24) is 0 Å². The number of aliphatic hydroxyl groups excluding tert-OH is 1. The number of alkyl halides is 3. The molecule has 0 radical (unpaired) electrons. The molecule has 0 bridgehead atoms. The molecule has 0 fully saturated rings. The van der Waals surface area contributed by atoms with Gasteiger partial charge < -0.3 is 9.84 Å². The van der Waals surface area contributed by atoms with E-state index in [0.29, 0.717) is 10.8 Å². The Morgan fingerprint density at radius 2 is 1.78 bits per heavy atom. The molecule has 0 aliphatic carbocycles. The zero-order valence-electron chi connectivity index (χ0n) is 9.53. The van der Waals surface area contributed by atoms with Crippen molar-refractivity contribution in [3.63, 3.8) is 0 Å². The number of aliphatic hydroxyl groups is 1. The SMILES string of the molecule is COc1ccc2ccccc2c1[C@H](O)C(F)(F)F. The van der Waals surface area contributed by atoms with Crippen LogP contribution in [0.5, 0.6) is 5.75 Å². The van der Waals surface area contributed by atoms with E-state index in [1.54, 1.807) is 24.3 Å². The number of fused-ring (bicyclic) bond motifs is 1. The van der Waals surface area contributed by atoms with Gasteiger partial charge in [-0.1, -0.05) is 30.3 Å². The Kier molecular flexibility index (Phi) is 3.17. The highest BCUT2D eigenvalue weighted by Crippen LogP contribution is 2.40. The lowest BCUT2D eigenvalue weighted by molar-refractivity contribution is -0.206. The van der Waals surface area contributed by atoms with E-state index >= 15 is 0 Å². The Hall–Kier alpha value is -1.75. The number of ether oxygens (including phenoxy) is 1. The van der Waals surface area contributed by atoms with Gasteiger partial charge in [-0.05, 0) is 16.8 Å². The number of methoxy groups -OCH3 is 1. The maximum absolute atomic E-state index is 12.7. The van der Waals surface area contributed by atoms with Crippen LogP contribution in [0, 0.1) is 0 Å². The van der Waals surface area contributed by atoms with Crippen molar-refractivity contribution in [2.24, 2.45) is 0 Å². The van der Waals surface area contributed by atoms with Crippen molar-refractivity contribution in [3.8, 4) is 5.75 Å². The summed E-state index contributed by atoms with van der Waals surface area (Å²) in [5.74, 6) is 0.0264. The second kappa shape index (κ2) is 4.49. The maximum Gasteiger partial charge on any atom is 0.418 e. The zero-order chi connectivity index (χ0) is 13.3. The van der Waals surface area contributed by atoms with E-state index in [-0.39, 0.29) is 11.3 Å². The lowest BCUT2D eigenvalue weighted by Crippen LogP contribution is -2.21. The molecule has 96 valence electrons.